The molecule has 2 unspecified atom stereocenters. The van der Waals surface area contributed by atoms with Gasteiger partial charge in [-0.15, -0.1) is 0 Å². The van der Waals surface area contributed by atoms with Crippen LogP contribution in [-0.4, -0.2) is 23.0 Å². The molecule has 1 heterocycles. The molecule has 158 valence electrons. The second-order valence-corrected chi connectivity index (χ2v) is 10.3. The summed E-state index contributed by atoms with van der Waals surface area (Å²) in [7, 11) is 0. The van der Waals surface area contributed by atoms with Gasteiger partial charge in [-0.2, -0.15) is 10.1 Å². The molecular weight excluding hydrogens is 532 g/mol. The maximum absolute atomic E-state index is 13.5. The fourth-order valence-corrected chi connectivity index (χ4v) is 6.86. The standard InChI is InChI=1S/C26H18Br2N2O2/c1-13-19(27)10-14(11-20(13)28)12-29-30-25(31)23-21-15-6-2-3-7-16(15)22(24(23)26(30)32)18-9-5-4-8-17(18)21/h2-12,21-24H,1H3/b29-12+. The summed E-state index contributed by atoms with van der Waals surface area (Å²) in [5.74, 6) is -1.47. The summed E-state index contributed by atoms with van der Waals surface area (Å²) in [6.45, 7) is 2.00. The number of carbonyl (C=O) groups is 2. The smallest absolute Gasteiger partial charge is 0.254 e. The maximum Gasteiger partial charge on any atom is 0.254 e. The van der Waals surface area contributed by atoms with Crippen LogP contribution in [0.1, 0.15) is 45.2 Å². The largest absolute Gasteiger partial charge is 0.272 e. The lowest BCUT2D eigenvalue weighted by molar-refractivity contribution is -0.139. The summed E-state index contributed by atoms with van der Waals surface area (Å²) in [6.07, 6.45) is 1.59. The fourth-order valence-electron chi connectivity index (χ4n) is 5.64. The van der Waals surface area contributed by atoms with Crippen LogP contribution in [0.3, 0.4) is 0 Å². The quantitative estimate of drug-likeness (QED) is 0.302. The van der Waals surface area contributed by atoms with Gasteiger partial charge in [0.2, 0.25) is 0 Å². The summed E-state index contributed by atoms with van der Waals surface area (Å²) in [6, 6.07) is 20.3. The van der Waals surface area contributed by atoms with Crippen molar-refractivity contribution in [3.63, 3.8) is 0 Å². The zero-order valence-corrected chi connectivity index (χ0v) is 20.3. The number of imide groups is 1. The predicted octanol–water partition coefficient (Wildman–Crippen LogP) is 5.75. The number of hydrogen-bond acceptors (Lipinski definition) is 3. The third-order valence-corrected chi connectivity index (χ3v) is 8.70. The second-order valence-electron chi connectivity index (χ2n) is 8.61. The van der Waals surface area contributed by atoms with Crippen molar-refractivity contribution in [1.29, 1.82) is 0 Å². The van der Waals surface area contributed by atoms with Gasteiger partial charge in [-0.1, -0.05) is 80.4 Å². The van der Waals surface area contributed by atoms with Gasteiger partial charge in [0.25, 0.3) is 11.8 Å². The molecule has 2 amide bonds. The van der Waals surface area contributed by atoms with E-state index >= 15 is 0 Å². The minimum atomic E-state index is -0.411. The van der Waals surface area contributed by atoms with Gasteiger partial charge in [0.15, 0.2) is 0 Å². The highest BCUT2D eigenvalue weighted by Crippen LogP contribution is 2.60. The van der Waals surface area contributed by atoms with Crippen LogP contribution in [0.5, 0.6) is 0 Å². The Bertz CT molecular complexity index is 1210. The van der Waals surface area contributed by atoms with Crippen LogP contribution in [-0.2, 0) is 9.59 Å². The molecule has 32 heavy (non-hydrogen) atoms. The Morgan fingerprint density at radius 1 is 0.781 bits per heavy atom. The van der Waals surface area contributed by atoms with Gasteiger partial charge < -0.3 is 0 Å². The normalized spacial score (nSPS) is 25.3. The highest BCUT2D eigenvalue weighted by molar-refractivity contribution is 9.11. The molecule has 0 saturated carbocycles. The van der Waals surface area contributed by atoms with Gasteiger partial charge in [-0.25, -0.2) is 0 Å². The Labute approximate surface area is 202 Å². The minimum Gasteiger partial charge on any atom is -0.272 e. The van der Waals surface area contributed by atoms with Crippen molar-refractivity contribution in [3.8, 4) is 0 Å². The number of rotatable bonds is 2. The molecule has 0 spiro atoms. The Kier molecular flexibility index (Phi) is 4.53. The Hall–Kier alpha value is -2.57. The second kappa shape index (κ2) is 7.22. The first-order chi connectivity index (χ1) is 15.5. The van der Waals surface area contributed by atoms with Crippen LogP contribution in [0.2, 0.25) is 0 Å². The zero-order chi connectivity index (χ0) is 22.1. The van der Waals surface area contributed by atoms with Crippen LogP contribution < -0.4 is 0 Å². The highest BCUT2D eigenvalue weighted by atomic mass is 79.9. The minimum absolute atomic E-state index is 0.114. The average molecular weight is 550 g/mol. The van der Waals surface area contributed by atoms with E-state index in [0.717, 1.165) is 47.3 Å². The van der Waals surface area contributed by atoms with Gasteiger partial charge in [0.1, 0.15) is 0 Å². The van der Waals surface area contributed by atoms with Gasteiger partial charge >= 0.3 is 0 Å². The molecule has 7 rings (SSSR count). The molecule has 2 atom stereocenters. The highest BCUT2D eigenvalue weighted by Gasteiger charge is 2.61. The number of carbonyl (C=O) groups excluding carboxylic acids is 2. The SMILES string of the molecule is Cc1c(Br)cc(/C=N/N2C(=O)C3C4c5ccccc5C(c5ccccc54)C3C2=O)cc1Br. The van der Waals surface area contributed by atoms with E-state index in [1.54, 1.807) is 6.21 Å². The van der Waals surface area contributed by atoms with Crippen LogP contribution in [0.4, 0.5) is 0 Å². The van der Waals surface area contributed by atoms with Gasteiger partial charge in [-0.05, 0) is 52.4 Å². The van der Waals surface area contributed by atoms with E-state index in [2.05, 4.69) is 61.2 Å². The molecule has 6 heteroatoms. The van der Waals surface area contributed by atoms with Crippen LogP contribution in [0, 0.1) is 18.8 Å². The summed E-state index contributed by atoms with van der Waals surface area (Å²) >= 11 is 7.08. The van der Waals surface area contributed by atoms with E-state index in [1.807, 2.05) is 43.3 Å². The maximum atomic E-state index is 13.5. The van der Waals surface area contributed by atoms with Crippen molar-refractivity contribution < 1.29 is 9.59 Å². The van der Waals surface area contributed by atoms with E-state index in [4.69, 9.17) is 0 Å². The van der Waals surface area contributed by atoms with E-state index in [-0.39, 0.29) is 23.7 Å². The van der Waals surface area contributed by atoms with E-state index in [0.29, 0.717) is 0 Å². The average Bonchev–Trinajstić information content (AvgIpc) is 3.06. The van der Waals surface area contributed by atoms with Crippen molar-refractivity contribution in [3.05, 3.63) is 103 Å². The van der Waals surface area contributed by atoms with Gasteiger partial charge in [-0.3, -0.25) is 9.59 Å². The Morgan fingerprint density at radius 2 is 1.19 bits per heavy atom. The number of hydrogen-bond donors (Lipinski definition) is 0. The van der Waals surface area contributed by atoms with Crippen LogP contribution >= 0.6 is 31.9 Å². The lowest BCUT2D eigenvalue weighted by Crippen LogP contribution is -2.41. The topological polar surface area (TPSA) is 49.7 Å². The molecule has 4 nitrogen and oxygen atoms in total. The summed E-state index contributed by atoms with van der Waals surface area (Å²) in [5.41, 5.74) is 6.53. The third-order valence-electron chi connectivity index (χ3n) is 7.05. The molecule has 3 aromatic rings. The first kappa shape index (κ1) is 20.1. The van der Waals surface area contributed by atoms with Crippen molar-refractivity contribution in [2.45, 2.75) is 18.8 Å². The molecule has 0 N–H and O–H groups in total. The molecule has 1 fully saturated rings. The van der Waals surface area contributed by atoms with Gasteiger partial charge in [0, 0.05) is 20.8 Å². The van der Waals surface area contributed by atoms with Crippen molar-refractivity contribution in [2.24, 2.45) is 16.9 Å². The number of nitrogens with zero attached hydrogens (tertiary/aromatic N) is 2. The molecule has 4 aliphatic rings. The number of halogens is 2. The first-order valence-electron chi connectivity index (χ1n) is 10.5. The van der Waals surface area contributed by atoms with E-state index in [9.17, 15) is 9.59 Å². The molecular formula is C26H18Br2N2O2. The van der Waals surface area contributed by atoms with Gasteiger partial charge in [0.05, 0.1) is 18.1 Å². The Morgan fingerprint density at radius 3 is 1.59 bits per heavy atom. The van der Waals surface area contributed by atoms with Crippen molar-refractivity contribution >= 4 is 49.9 Å². The zero-order valence-electron chi connectivity index (χ0n) is 17.1. The van der Waals surface area contributed by atoms with Crippen molar-refractivity contribution in [2.75, 3.05) is 0 Å². The predicted molar refractivity (Wildman–Crippen MR) is 130 cm³/mol. The molecule has 3 aliphatic carbocycles. The van der Waals surface area contributed by atoms with Crippen LogP contribution in [0.15, 0.2) is 74.7 Å². The first-order valence-corrected chi connectivity index (χ1v) is 12.1. The summed E-state index contributed by atoms with van der Waals surface area (Å²) in [5, 5.41) is 5.49. The summed E-state index contributed by atoms with van der Waals surface area (Å²) < 4.78 is 1.87. The van der Waals surface area contributed by atoms with Crippen molar-refractivity contribution in [1.82, 2.24) is 5.01 Å². The molecule has 1 saturated heterocycles. The fraction of sp³-hybridized carbons (Fsp3) is 0.192. The lowest BCUT2D eigenvalue weighted by Gasteiger charge is -2.45. The molecule has 1 aliphatic heterocycles. The van der Waals surface area contributed by atoms with E-state index in [1.165, 1.54) is 0 Å². The molecule has 0 radical (unpaired) electrons. The number of amides is 2. The third kappa shape index (κ3) is 2.69. The lowest BCUT2D eigenvalue weighted by atomic mass is 9.55. The van der Waals surface area contributed by atoms with Crippen LogP contribution in [0.25, 0.3) is 0 Å². The number of hydrazone groups is 1. The Balaban J connectivity index is 1.43. The number of benzene rings is 3. The molecule has 3 aromatic carbocycles. The monoisotopic (exact) mass is 548 g/mol. The molecule has 0 aromatic heterocycles. The molecule has 2 bridgehead atoms. The van der Waals surface area contributed by atoms with E-state index < -0.39 is 11.8 Å². The summed E-state index contributed by atoms with van der Waals surface area (Å²) in [4.78, 5) is 27.1.